The van der Waals surface area contributed by atoms with Crippen LogP contribution in [0.1, 0.15) is 24.9 Å². The molecule has 0 saturated carbocycles. The lowest BCUT2D eigenvalue weighted by Crippen LogP contribution is -2.37. The van der Waals surface area contributed by atoms with E-state index in [9.17, 15) is 0 Å². The zero-order chi connectivity index (χ0) is 12.0. The molecule has 0 radical (unpaired) electrons. The van der Waals surface area contributed by atoms with Crippen molar-refractivity contribution in [3.63, 3.8) is 0 Å². The van der Waals surface area contributed by atoms with Crippen molar-refractivity contribution in [2.24, 2.45) is 11.5 Å². The molecule has 1 unspecified atom stereocenters. The molecule has 1 aromatic carbocycles. The van der Waals surface area contributed by atoms with Crippen LogP contribution < -0.4 is 11.5 Å². The molecule has 0 spiro atoms. The van der Waals surface area contributed by atoms with Crippen LogP contribution in [0.3, 0.4) is 0 Å². The molecule has 1 atom stereocenters. The minimum absolute atomic E-state index is 0.0459. The predicted molar refractivity (Wildman–Crippen MR) is 72.0 cm³/mol. The van der Waals surface area contributed by atoms with Crippen molar-refractivity contribution in [1.29, 1.82) is 0 Å². The molecule has 4 N–H and O–H groups in total. The fraction of sp³-hybridized carbons (Fsp3) is 0.417. The van der Waals surface area contributed by atoms with E-state index in [4.69, 9.17) is 23.7 Å². The fourth-order valence-corrected chi connectivity index (χ4v) is 1.81. The summed E-state index contributed by atoms with van der Waals surface area (Å²) in [5.41, 5.74) is 12.8. The van der Waals surface area contributed by atoms with E-state index < -0.39 is 0 Å². The maximum Gasteiger partial charge on any atom is 0.166 e. The van der Waals surface area contributed by atoms with Crippen LogP contribution in [0.15, 0.2) is 30.3 Å². The highest BCUT2D eigenvalue weighted by molar-refractivity contribution is 7.80. The summed E-state index contributed by atoms with van der Waals surface area (Å²) in [6.07, 6.45) is 0.856. The average Bonchev–Trinajstić information content (AvgIpc) is 2.30. The minimum Gasteiger partial charge on any atom is -0.376 e. The molecule has 0 aromatic heterocycles. The number of thiocarbonyl (C=S) groups is 1. The summed E-state index contributed by atoms with van der Waals surface area (Å²) < 4.78 is 0. The van der Waals surface area contributed by atoms with Gasteiger partial charge < -0.3 is 16.4 Å². The highest BCUT2D eigenvalue weighted by Crippen LogP contribution is 2.13. The Balaban J connectivity index is 2.46. The molecule has 0 fully saturated rings. The van der Waals surface area contributed by atoms with Gasteiger partial charge in [-0.3, -0.25) is 0 Å². The third-order valence-corrected chi connectivity index (χ3v) is 2.89. The predicted octanol–water partition coefficient (Wildman–Crippen LogP) is 1.64. The number of rotatable bonds is 5. The van der Waals surface area contributed by atoms with Gasteiger partial charge in [0.2, 0.25) is 0 Å². The monoisotopic (exact) mass is 237 g/mol. The third kappa shape index (κ3) is 3.79. The van der Waals surface area contributed by atoms with Gasteiger partial charge in [0.1, 0.15) is 0 Å². The van der Waals surface area contributed by atoms with Crippen molar-refractivity contribution in [2.75, 3.05) is 13.1 Å². The number of hydrogen-bond acceptors (Lipinski definition) is 2. The summed E-state index contributed by atoms with van der Waals surface area (Å²) in [5, 5.41) is 0.447. The van der Waals surface area contributed by atoms with Crippen LogP contribution in [0.5, 0.6) is 0 Å². The largest absolute Gasteiger partial charge is 0.376 e. The Labute approximate surface area is 102 Å². The lowest BCUT2D eigenvalue weighted by atomic mass is 10.0. The molecule has 0 aliphatic carbocycles. The third-order valence-electron chi connectivity index (χ3n) is 2.63. The lowest BCUT2D eigenvalue weighted by molar-refractivity contribution is 0.413. The number of nitrogens with zero attached hydrogens (tertiary/aromatic N) is 1. The molecular formula is C12H19N3S. The molecule has 1 rings (SSSR count). The summed E-state index contributed by atoms with van der Waals surface area (Å²) in [4.78, 5) is 1.96. The second kappa shape index (κ2) is 6.45. The van der Waals surface area contributed by atoms with Crippen LogP contribution in [-0.4, -0.2) is 23.1 Å². The maximum atomic E-state index is 6.09. The molecule has 3 nitrogen and oxygen atoms in total. The summed E-state index contributed by atoms with van der Waals surface area (Å²) in [6, 6.07) is 10.1. The normalized spacial score (nSPS) is 12.1. The van der Waals surface area contributed by atoms with Gasteiger partial charge in [0.15, 0.2) is 5.11 Å². The zero-order valence-corrected chi connectivity index (χ0v) is 10.4. The molecule has 16 heavy (non-hydrogen) atoms. The summed E-state index contributed by atoms with van der Waals surface area (Å²) >= 11 is 4.95. The number of nitrogens with two attached hydrogens (primary N) is 2. The molecule has 4 heteroatoms. The first-order valence-corrected chi connectivity index (χ1v) is 5.91. The molecular weight excluding hydrogens is 218 g/mol. The quantitative estimate of drug-likeness (QED) is 0.765. The van der Waals surface area contributed by atoms with Crippen LogP contribution in [0.2, 0.25) is 0 Å². The van der Waals surface area contributed by atoms with Crippen molar-refractivity contribution in [3.8, 4) is 0 Å². The van der Waals surface area contributed by atoms with Gasteiger partial charge in [-0.1, -0.05) is 30.3 Å². The highest BCUT2D eigenvalue weighted by Gasteiger charge is 2.08. The van der Waals surface area contributed by atoms with E-state index in [0.717, 1.165) is 25.1 Å². The Kier molecular flexibility index (Phi) is 5.22. The molecule has 0 bridgehead atoms. The topological polar surface area (TPSA) is 55.3 Å². The first-order valence-electron chi connectivity index (χ1n) is 5.50. The molecule has 0 aliphatic heterocycles. The molecule has 0 heterocycles. The van der Waals surface area contributed by atoms with E-state index >= 15 is 0 Å². The van der Waals surface area contributed by atoms with Gasteiger partial charge >= 0.3 is 0 Å². The van der Waals surface area contributed by atoms with E-state index in [1.165, 1.54) is 0 Å². The standard InChI is InChI=1S/C12H19N3S/c1-2-15(12(14)16)9-8-11(13)10-6-4-3-5-7-10/h3-7,11H,2,8-9,13H2,1H3,(H2,14,16). The van der Waals surface area contributed by atoms with Crippen LogP contribution >= 0.6 is 12.2 Å². The second-order valence-electron chi connectivity index (χ2n) is 3.72. The van der Waals surface area contributed by atoms with E-state index in [0.29, 0.717) is 5.11 Å². The van der Waals surface area contributed by atoms with Gasteiger partial charge in [-0.2, -0.15) is 0 Å². The van der Waals surface area contributed by atoms with Gasteiger partial charge in [-0.05, 0) is 31.1 Å². The Morgan fingerprint density at radius 1 is 1.38 bits per heavy atom. The van der Waals surface area contributed by atoms with Crippen LogP contribution in [0.25, 0.3) is 0 Å². The highest BCUT2D eigenvalue weighted by atomic mass is 32.1. The van der Waals surface area contributed by atoms with Crippen molar-refractivity contribution >= 4 is 17.3 Å². The molecule has 1 aromatic rings. The zero-order valence-electron chi connectivity index (χ0n) is 9.60. The van der Waals surface area contributed by atoms with Crippen molar-refractivity contribution < 1.29 is 0 Å². The van der Waals surface area contributed by atoms with Crippen LogP contribution in [0.4, 0.5) is 0 Å². The van der Waals surface area contributed by atoms with Crippen LogP contribution in [0, 0.1) is 0 Å². The first kappa shape index (κ1) is 12.9. The summed E-state index contributed by atoms with van der Waals surface area (Å²) in [7, 11) is 0. The van der Waals surface area contributed by atoms with Crippen molar-refractivity contribution in [1.82, 2.24) is 4.90 Å². The van der Waals surface area contributed by atoms with Crippen molar-refractivity contribution in [3.05, 3.63) is 35.9 Å². The SMILES string of the molecule is CCN(CCC(N)c1ccccc1)C(N)=S. The second-order valence-corrected chi connectivity index (χ2v) is 4.14. The van der Waals surface area contributed by atoms with Gasteiger partial charge in [0.05, 0.1) is 0 Å². The van der Waals surface area contributed by atoms with Gasteiger partial charge in [-0.15, -0.1) is 0 Å². The van der Waals surface area contributed by atoms with E-state index in [-0.39, 0.29) is 6.04 Å². The van der Waals surface area contributed by atoms with Gasteiger partial charge in [0.25, 0.3) is 0 Å². The summed E-state index contributed by atoms with van der Waals surface area (Å²) in [6.45, 7) is 3.67. The van der Waals surface area contributed by atoms with E-state index in [1.54, 1.807) is 0 Å². The molecule has 0 aliphatic rings. The smallest absolute Gasteiger partial charge is 0.166 e. The fourth-order valence-electron chi connectivity index (χ4n) is 1.59. The maximum absolute atomic E-state index is 6.09. The molecule has 0 saturated heterocycles. The molecule has 88 valence electrons. The minimum atomic E-state index is 0.0459. The van der Waals surface area contributed by atoms with Gasteiger partial charge in [-0.25, -0.2) is 0 Å². The van der Waals surface area contributed by atoms with E-state index in [2.05, 4.69) is 0 Å². The lowest BCUT2D eigenvalue weighted by Gasteiger charge is -2.22. The number of benzene rings is 1. The molecule has 0 amide bonds. The Morgan fingerprint density at radius 3 is 2.50 bits per heavy atom. The van der Waals surface area contributed by atoms with Crippen molar-refractivity contribution in [2.45, 2.75) is 19.4 Å². The Hall–Kier alpha value is -1.13. The Morgan fingerprint density at radius 2 is 2.00 bits per heavy atom. The average molecular weight is 237 g/mol. The first-order chi connectivity index (χ1) is 7.65. The number of hydrogen-bond donors (Lipinski definition) is 2. The van der Waals surface area contributed by atoms with E-state index in [1.807, 2.05) is 42.2 Å². The van der Waals surface area contributed by atoms with Crippen LogP contribution in [-0.2, 0) is 0 Å². The van der Waals surface area contributed by atoms with Gasteiger partial charge in [0, 0.05) is 19.1 Å². The summed E-state index contributed by atoms with van der Waals surface area (Å²) in [5.74, 6) is 0. The Bertz CT molecular complexity index is 326.